The summed E-state index contributed by atoms with van der Waals surface area (Å²) in [5, 5.41) is 10.5. The van der Waals surface area contributed by atoms with Gasteiger partial charge in [0.05, 0.1) is 19.7 Å². The zero-order chi connectivity index (χ0) is 22.1. The zero-order valence-electron chi connectivity index (χ0n) is 18.1. The number of methoxy groups -OCH3 is 1. The monoisotopic (exact) mass is 430 g/mol. The van der Waals surface area contributed by atoms with Crippen LogP contribution in [-0.4, -0.2) is 40.6 Å². The Hall–Kier alpha value is -3.61. The predicted molar refractivity (Wildman–Crippen MR) is 120 cm³/mol. The lowest BCUT2D eigenvalue weighted by molar-refractivity contribution is 0.0730. The summed E-state index contributed by atoms with van der Waals surface area (Å²) in [6.07, 6.45) is 3.64. The number of amides is 2. The number of nitrogens with one attached hydrogen (secondary N) is 2. The van der Waals surface area contributed by atoms with E-state index < -0.39 is 0 Å². The second-order valence-electron chi connectivity index (χ2n) is 8.36. The van der Waals surface area contributed by atoms with E-state index in [2.05, 4.69) is 27.6 Å². The number of hydrogen-bond acceptors (Lipinski definition) is 4. The van der Waals surface area contributed by atoms with E-state index in [0.29, 0.717) is 36.5 Å². The van der Waals surface area contributed by atoms with Gasteiger partial charge in [0.15, 0.2) is 5.69 Å². The van der Waals surface area contributed by atoms with Gasteiger partial charge in [0, 0.05) is 29.8 Å². The van der Waals surface area contributed by atoms with Crippen LogP contribution in [0.5, 0.6) is 5.75 Å². The van der Waals surface area contributed by atoms with Crippen LogP contribution in [-0.2, 0) is 19.4 Å². The van der Waals surface area contributed by atoms with Gasteiger partial charge in [-0.3, -0.25) is 14.7 Å². The van der Waals surface area contributed by atoms with Crippen LogP contribution in [0.1, 0.15) is 62.1 Å². The maximum Gasteiger partial charge on any atom is 0.272 e. The van der Waals surface area contributed by atoms with Gasteiger partial charge in [0.1, 0.15) is 5.75 Å². The minimum absolute atomic E-state index is 0.0158. The molecule has 0 bridgehead atoms. The number of fused-ring (bicyclic) bond motifs is 2. The third-order valence-electron chi connectivity index (χ3n) is 6.43. The Kier molecular flexibility index (Phi) is 5.39. The molecule has 1 aromatic heterocycles. The molecular weight excluding hydrogens is 404 g/mol. The molecule has 1 atom stereocenters. The number of H-pyrrole nitrogens is 1. The van der Waals surface area contributed by atoms with Crippen LogP contribution in [0.4, 0.5) is 0 Å². The van der Waals surface area contributed by atoms with E-state index in [0.717, 1.165) is 30.5 Å². The van der Waals surface area contributed by atoms with Gasteiger partial charge < -0.3 is 15.0 Å². The van der Waals surface area contributed by atoms with Crippen molar-refractivity contribution < 1.29 is 14.3 Å². The molecule has 164 valence electrons. The van der Waals surface area contributed by atoms with Crippen LogP contribution in [0.15, 0.2) is 48.5 Å². The zero-order valence-corrected chi connectivity index (χ0v) is 18.1. The first-order chi connectivity index (χ1) is 15.6. The molecule has 0 spiro atoms. The van der Waals surface area contributed by atoms with Crippen molar-refractivity contribution in [1.82, 2.24) is 20.4 Å². The number of aromatic amines is 1. The minimum atomic E-state index is -0.195. The normalized spacial score (nSPS) is 17.3. The van der Waals surface area contributed by atoms with Crippen molar-refractivity contribution in [1.29, 1.82) is 0 Å². The first kappa shape index (κ1) is 20.3. The van der Waals surface area contributed by atoms with E-state index in [1.165, 1.54) is 11.1 Å². The van der Waals surface area contributed by atoms with Crippen LogP contribution in [0, 0.1) is 0 Å². The highest BCUT2D eigenvalue weighted by molar-refractivity contribution is 5.96. The summed E-state index contributed by atoms with van der Waals surface area (Å²) in [5.41, 5.74) is 5.16. The van der Waals surface area contributed by atoms with Crippen molar-refractivity contribution in [2.45, 2.75) is 38.3 Å². The predicted octanol–water partition coefficient (Wildman–Crippen LogP) is 3.42. The molecule has 1 unspecified atom stereocenters. The molecule has 0 radical (unpaired) electrons. The summed E-state index contributed by atoms with van der Waals surface area (Å²) in [5.74, 6) is 0.368. The Balaban J connectivity index is 1.34. The molecule has 5 rings (SSSR count). The van der Waals surface area contributed by atoms with Gasteiger partial charge in [-0.25, -0.2) is 0 Å². The summed E-state index contributed by atoms with van der Waals surface area (Å²) in [6, 6.07) is 15.4. The third kappa shape index (κ3) is 3.75. The Morgan fingerprint density at radius 3 is 2.91 bits per heavy atom. The molecule has 0 saturated carbocycles. The van der Waals surface area contributed by atoms with E-state index in [-0.39, 0.29) is 17.9 Å². The largest absolute Gasteiger partial charge is 0.497 e. The number of carbonyl (C=O) groups is 2. The van der Waals surface area contributed by atoms with Crippen LogP contribution < -0.4 is 10.1 Å². The topological polar surface area (TPSA) is 87.3 Å². The smallest absolute Gasteiger partial charge is 0.272 e. The average molecular weight is 431 g/mol. The highest BCUT2D eigenvalue weighted by atomic mass is 16.5. The quantitative estimate of drug-likeness (QED) is 0.664. The van der Waals surface area contributed by atoms with Crippen LogP contribution >= 0.6 is 0 Å². The van der Waals surface area contributed by atoms with Crippen molar-refractivity contribution in [2.24, 2.45) is 0 Å². The summed E-state index contributed by atoms with van der Waals surface area (Å²) >= 11 is 0. The fourth-order valence-corrected chi connectivity index (χ4v) is 4.73. The molecule has 0 saturated heterocycles. The Morgan fingerprint density at radius 1 is 1.16 bits per heavy atom. The van der Waals surface area contributed by atoms with Crippen molar-refractivity contribution >= 4 is 11.8 Å². The highest BCUT2D eigenvalue weighted by Gasteiger charge is 2.30. The number of aryl methyl sites for hydroxylation is 1. The summed E-state index contributed by atoms with van der Waals surface area (Å²) in [6.45, 7) is 0.925. The molecule has 1 aliphatic carbocycles. The van der Waals surface area contributed by atoms with E-state index in [9.17, 15) is 9.59 Å². The lowest BCUT2D eigenvalue weighted by Crippen LogP contribution is -2.37. The number of carbonyl (C=O) groups excluding carboxylic acids is 2. The summed E-state index contributed by atoms with van der Waals surface area (Å²) < 4.78 is 5.25. The Labute approximate surface area is 186 Å². The molecule has 3 aromatic rings. The molecule has 2 aromatic carbocycles. The minimum Gasteiger partial charge on any atom is -0.497 e. The van der Waals surface area contributed by atoms with Crippen molar-refractivity contribution in [3.05, 3.63) is 82.2 Å². The fraction of sp³-hybridized carbons (Fsp3) is 0.320. The molecule has 2 aliphatic rings. The first-order valence-corrected chi connectivity index (χ1v) is 11.0. The SMILES string of the molecule is COc1cccc(C(=O)N2CCc3[nH]nc(C(=O)NC4CCCc5ccccc54)c3C2)c1. The molecule has 32 heavy (non-hydrogen) atoms. The first-order valence-electron chi connectivity index (χ1n) is 11.0. The van der Waals surface area contributed by atoms with Crippen molar-refractivity contribution in [3.8, 4) is 5.75 Å². The third-order valence-corrected chi connectivity index (χ3v) is 6.43. The molecule has 2 heterocycles. The number of aromatic nitrogens is 2. The van der Waals surface area contributed by atoms with Crippen molar-refractivity contribution in [2.75, 3.05) is 13.7 Å². The van der Waals surface area contributed by atoms with E-state index in [4.69, 9.17) is 4.74 Å². The maximum atomic E-state index is 13.2. The van der Waals surface area contributed by atoms with Gasteiger partial charge >= 0.3 is 0 Å². The van der Waals surface area contributed by atoms with Crippen LogP contribution in [0.2, 0.25) is 0 Å². The van der Waals surface area contributed by atoms with Gasteiger partial charge in [0.2, 0.25) is 0 Å². The second kappa shape index (κ2) is 8.49. The van der Waals surface area contributed by atoms with Crippen molar-refractivity contribution in [3.63, 3.8) is 0 Å². The van der Waals surface area contributed by atoms with Gasteiger partial charge in [-0.05, 0) is 48.6 Å². The molecule has 7 heteroatoms. The summed E-state index contributed by atoms with van der Waals surface area (Å²) in [4.78, 5) is 28.0. The van der Waals surface area contributed by atoms with Gasteiger partial charge in [-0.1, -0.05) is 30.3 Å². The highest BCUT2D eigenvalue weighted by Crippen LogP contribution is 2.30. The Bertz CT molecular complexity index is 1170. The van der Waals surface area contributed by atoms with E-state index >= 15 is 0 Å². The molecule has 7 nitrogen and oxygen atoms in total. The standard InChI is InChI=1S/C25H26N4O3/c1-32-18-9-4-8-17(14-18)25(31)29-13-12-22-20(15-29)23(28-27-22)24(30)26-21-11-5-7-16-6-2-3-10-19(16)21/h2-4,6,8-10,14,21H,5,7,11-13,15H2,1H3,(H,26,30)(H,27,28). The number of benzene rings is 2. The van der Waals surface area contributed by atoms with E-state index in [1.54, 1.807) is 30.2 Å². The van der Waals surface area contributed by atoms with Gasteiger partial charge in [0.25, 0.3) is 11.8 Å². The van der Waals surface area contributed by atoms with Gasteiger partial charge in [-0.15, -0.1) is 0 Å². The Morgan fingerprint density at radius 2 is 2.03 bits per heavy atom. The molecule has 2 N–H and O–H groups in total. The molecular formula is C25H26N4O3. The average Bonchev–Trinajstić information content (AvgIpc) is 3.27. The lowest BCUT2D eigenvalue weighted by Gasteiger charge is -2.28. The number of nitrogens with zero attached hydrogens (tertiary/aromatic N) is 2. The molecule has 2 amide bonds. The number of hydrogen-bond donors (Lipinski definition) is 2. The second-order valence-corrected chi connectivity index (χ2v) is 8.36. The van der Waals surface area contributed by atoms with Crippen LogP contribution in [0.25, 0.3) is 0 Å². The van der Waals surface area contributed by atoms with E-state index in [1.807, 2.05) is 18.2 Å². The number of ether oxygens (including phenoxy) is 1. The summed E-state index contributed by atoms with van der Waals surface area (Å²) in [7, 11) is 1.58. The fourth-order valence-electron chi connectivity index (χ4n) is 4.73. The van der Waals surface area contributed by atoms with Gasteiger partial charge in [-0.2, -0.15) is 5.10 Å². The number of rotatable bonds is 4. The molecule has 1 aliphatic heterocycles. The molecule has 0 fully saturated rings. The maximum absolute atomic E-state index is 13.2. The lowest BCUT2D eigenvalue weighted by atomic mass is 9.87. The van der Waals surface area contributed by atoms with Crippen LogP contribution in [0.3, 0.4) is 0 Å².